The number of para-hydroxylation sites is 1. The number of carbonyl (C=O) groups is 1. The first-order valence-electron chi connectivity index (χ1n) is 16.7. The van der Waals surface area contributed by atoms with Gasteiger partial charge in [0.1, 0.15) is 11.6 Å². The number of rotatable bonds is 15. The average molecular weight is 648 g/mol. The van der Waals surface area contributed by atoms with Crippen LogP contribution in [0.4, 0.5) is 0 Å². The van der Waals surface area contributed by atoms with Gasteiger partial charge < -0.3 is 19.1 Å². The van der Waals surface area contributed by atoms with E-state index in [0.717, 1.165) is 24.8 Å². The summed E-state index contributed by atoms with van der Waals surface area (Å²) in [5, 5.41) is 0.504. The second-order valence-electron chi connectivity index (χ2n) is 11.8. The van der Waals surface area contributed by atoms with E-state index in [1.165, 1.54) is 12.0 Å². The molecule has 0 aliphatic rings. The number of unbranched alkanes of at least 4 members (excludes halogenated alkanes) is 2. The van der Waals surface area contributed by atoms with Crippen molar-refractivity contribution in [1.29, 1.82) is 0 Å². The Bertz CT molecular complexity index is 1880. The Kier molecular flexibility index (Phi) is 11.5. The second-order valence-corrected chi connectivity index (χ2v) is 11.8. The minimum atomic E-state index is -0.564. The molecule has 0 N–H and O–H groups in total. The summed E-state index contributed by atoms with van der Waals surface area (Å²) in [6.07, 6.45) is 4.99. The van der Waals surface area contributed by atoms with E-state index in [2.05, 4.69) is 6.92 Å². The Morgan fingerprint density at radius 2 is 1.54 bits per heavy atom. The summed E-state index contributed by atoms with van der Waals surface area (Å²) < 4.78 is 18.3. The molecule has 0 radical (unpaired) electrons. The highest BCUT2D eigenvalue weighted by Gasteiger charge is 2.28. The molecule has 0 saturated heterocycles. The molecule has 1 amide bonds. The molecule has 4 aromatic carbocycles. The second kappa shape index (κ2) is 16.1. The van der Waals surface area contributed by atoms with Gasteiger partial charge in [0.05, 0.1) is 43.5 Å². The summed E-state index contributed by atoms with van der Waals surface area (Å²) in [5.74, 6) is 2.31. The van der Waals surface area contributed by atoms with E-state index in [0.29, 0.717) is 64.8 Å². The molecule has 48 heavy (non-hydrogen) atoms. The Labute approximate surface area is 282 Å². The number of ether oxygens (including phenoxy) is 3. The van der Waals surface area contributed by atoms with Gasteiger partial charge in [-0.2, -0.15) is 0 Å². The zero-order valence-electron chi connectivity index (χ0n) is 28.6. The van der Waals surface area contributed by atoms with Crippen LogP contribution < -0.4 is 19.8 Å². The number of benzene rings is 4. The van der Waals surface area contributed by atoms with Crippen molar-refractivity contribution in [2.75, 3.05) is 27.4 Å². The van der Waals surface area contributed by atoms with E-state index >= 15 is 0 Å². The molecule has 1 heterocycles. The van der Waals surface area contributed by atoms with Gasteiger partial charge in [-0.15, -0.1) is 0 Å². The Balaban J connectivity index is 1.57. The average Bonchev–Trinajstić information content (AvgIpc) is 3.12. The molecule has 0 aliphatic carbocycles. The predicted octanol–water partition coefficient (Wildman–Crippen LogP) is 7.98. The molecule has 0 saturated carbocycles. The maximum atomic E-state index is 14.4. The standard InChI is InChI=1S/C40H45N3O5/c1-6-8-9-12-29-15-18-31(19-16-29)39(44)42(26-25-30-17-24-36(46-4)37(27-30)47-5)28(3)38-41-35-14-11-10-13-34(35)40(45)43(38)32-20-22-33(23-21-32)48-7-2/h10-11,13-24,27-28H,6-9,12,25-26H2,1-5H3. The van der Waals surface area contributed by atoms with E-state index < -0.39 is 6.04 Å². The zero-order chi connectivity index (χ0) is 34.0. The van der Waals surface area contributed by atoms with Crippen molar-refractivity contribution in [3.05, 3.63) is 124 Å². The summed E-state index contributed by atoms with van der Waals surface area (Å²) in [7, 11) is 3.21. The minimum absolute atomic E-state index is 0.135. The Morgan fingerprint density at radius 1 is 0.833 bits per heavy atom. The maximum Gasteiger partial charge on any atom is 0.266 e. The van der Waals surface area contributed by atoms with E-state index in [1.54, 1.807) is 24.9 Å². The van der Waals surface area contributed by atoms with Crippen LogP contribution in [-0.2, 0) is 12.8 Å². The van der Waals surface area contributed by atoms with Gasteiger partial charge in [0.2, 0.25) is 0 Å². The first-order chi connectivity index (χ1) is 23.4. The largest absolute Gasteiger partial charge is 0.494 e. The van der Waals surface area contributed by atoms with Crippen molar-refractivity contribution >= 4 is 16.8 Å². The Morgan fingerprint density at radius 3 is 2.23 bits per heavy atom. The third-order valence-electron chi connectivity index (χ3n) is 8.67. The zero-order valence-corrected chi connectivity index (χ0v) is 28.6. The third kappa shape index (κ3) is 7.71. The number of fused-ring (bicyclic) bond motifs is 1. The van der Waals surface area contributed by atoms with Crippen molar-refractivity contribution in [3.8, 4) is 22.9 Å². The first kappa shape index (κ1) is 34.2. The van der Waals surface area contributed by atoms with E-state index in [1.807, 2.05) is 104 Å². The smallest absolute Gasteiger partial charge is 0.266 e. The molecule has 0 bridgehead atoms. The molecule has 250 valence electrons. The molecule has 8 nitrogen and oxygen atoms in total. The van der Waals surface area contributed by atoms with Crippen LogP contribution in [0.15, 0.2) is 95.8 Å². The lowest BCUT2D eigenvalue weighted by atomic mass is 10.0. The van der Waals surface area contributed by atoms with Gasteiger partial charge in [-0.1, -0.05) is 50.1 Å². The minimum Gasteiger partial charge on any atom is -0.494 e. The highest BCUT2D eigenvalue weighted by Crippen LogP contribution is 2.30. The number of methoxy groups -OCH3 is 2. The van der Waals surface area contributed by atoms with Crippen LogP contribution in [0.1, 0.15) is 73.4 Å². The van der Waals surface area contributed by atoms with E-state index in [9.17, 15) is 9.59 Å². The Hall–Kier alpha value is -5.11. The number of aryl methyl sites for hydroxylation is 1. The van der Waals surface area contributed by atoms with Crippen LogP contribution in [0.2, 0.25) is 0 Å². The lowest BCUT2D eigenvalue weighted by molar-refractivity contribution is 0.0683. The molecule has 8 heteroatoms. The molecule has 0 spiro atoms. The highest BCUT2D eigenvalue weighted by molar-refractivity contribution is 5.94. The van der Waals surface area contributed by atoms with Crippen LogP contribution in [0.5, 0.6) is 17.2 Å². The summed E-state index contributed by atoms with van der Waals surface area (Å²) >= 11 is 0. The quantitative estimate of drug-likeness (QED) is 0.107. The topological polar surface area (TPSA) is 82.9 Å². The van der Waals surface area contributed by atoms with Crippen LogP contribution >= 0.6 is 0 Å². The molecule has 0 aliphatic heterocycles. The monoisotopic (exact) mass is 647 g/mol. The van der Waals surface area contributed by atoms with Crippen LogP contribution in [-0.4, -0.2) is 47.7 Å². The molecule has 5 rings (SSSR count). The van der Waals surface area contributed by atoms with Crippen molar-refractivity contribution < 1.29 is 19.0 Å². The van der Waals surface area contributed by atoms with Gasteiger partial charge >= 0.3 is 0 Å². The van der Waals surface area contributed by atoms with Crippen LogP contribution in [0, 0.1) is 0 Å². The fraction of sp³-hybridized carbons (Fsp3) is 0.325. The van der Waals surface area contributed by atoms with Gasteiger partial charge in [0.15, 0.2) is 11.5 Å². The molecule has 1 unspecified atom stereocenters. The number of amides is 1. The molecular formula is C40H45N3O5. The third-order valence-corrected chi connectivity index (χ3v) is 8.67. The van der Waals surface area contributed by atoms with Gasteiger partial charge in [0, 0.05) is 12.1 Å². The van der Waals surface area contributed by atoms with Crippen LogP contribution in [0.25, 0.3) is 16.6 Å². The number of aromatic nitrogens is 2. The fourth-order valence-corrected chi connectivity index (χ4v) is 5.99. The van der Waals surface area contributed by atoms with Crippen molar-refractivity contribution in [1.82, 2.24) is 14.5 Å². The normalized spacial score (nSPS) is 11.7. The number of nitrogens with zero attached hydrogens (tertiary/aromatic N) is 3. The molecule has 1 atom stereocenters. The predicted molar refractivity (Wildman–Crippen MR) is 191 cm³/mol. The van der Waals surface area contributed by atoms with E-state index in [4.69, 9.17) is 19.2 Å². The summed E-state index contributed by atoms with van der Waals surface area (Å²) in [5.41, 5.74) is 3.81. The lowest BCUT2D eigenvalue weighted by Crippen LogP contribution is -2.38. The molecule has 1 aromatic heterocycles. The van der Waals surface area contributed by atoms with Crippen molar-refractivity contribution in [3.63, 3.8) is 0 Å². The lowest BCUT2D eigenvalue weighted by Gasteiger charge is -2.31. The van der Waals surface area contributed by atoms with Gasteiger partial charge in [0.25, 0.3) is 11.5 Å². The van der Waals surface area contributed by atoms with Gasteiger partial charge in [-0.05, 0) is 105 Å². The molecule has 5 aromatic rings. The molecular weight excluding hydrogens is 602 g/mol. The van der Waals surface area contributed by atoms with Gasteiger partial charge in [-0.3, -0.25) is 14.2 Å². The maximum absolute atomic E-state index is 14.4. The van der Waals surface area contributed by atoms with E-state index in [-0.39, 0.29) is 11.5 Å². The number of hydrogen-bond acceptors (Lipinski definition) is 6. The summed E-state index contributed by atoms with van der Waals surface area (Å²) in [4.78, 5) is 35.4. The fourth-order valence-electron chi connectivity index (χ4n) is 5.99. The highest BCUT2D eigenvalue weighted by atomic mass is 16.5. The summed E-state index contributed by atoms with van der Waals surface area (Å²) in [6, 6.07) is 27.8. The number of carbonyl (C=O) groups excluding carboxylic acids is 1. The van der Waals surface area contributed by atoms with Crippen molar-refractivity contribution in [2.24, 2.45) is 0 Å². The van der Waals surface area contributed by atoms with Crippen molar-refractivity contribution in [2.45, 2.75) is 58.9 Å². The molecule has 0 fully saturated rings. The van der Waals surface area contributed by atoms with Gasteiger partial charge in [-0.25, -0.2) is 4.98 Å². The first-order valence-corrected chi connectivity index (χ1v) is 16.7. The van der Waals surface area contributed by atoms with Crippen LogP contribution in [0.3, 0.4) is 0 Å². The number of hydrogen-bond donors (Lipinski definition) is 0. The summed E-state index contributed by atoms with van der Waals surface area (Å²) in [6.45, 7) is 6.97. The SMILES string of the molecule is CCCCCc1ccc(C(=O)N(CCc2ccc(OC)c(OC)c2)C(C)c2nc3ccccc3c(=O)n2-c2ccc(OCC)cc2)cc1.